The number of hydrogen-bond donors (Lipinski definition) is 1. The van der Waals surface area contributed by atoms with Crippen LogP contribution in [0.4, 0.5) is 5.69 Å². The summed E-state index contributed by atoms with van der Waals surface area (Å²) in [4.78, 5) is 2.44. The summed E-state index contributed by atoms with van der Waals surface area (Å²) in [6.07, 6.45) is 4.58. The van der Waals surface area contributed by atoms with Gasteiger partial charge in [-0.15, -0.1) is 0 Å². The predicted octanol–water partition coefficient (Wildman–Crippen LogP) is 3.45. The highest BCUT2D eigenvalue weighted by Crippen LogP contribution is 2.43. The smallest absolute Gasteiger partial charge is 0.0825 e. The van der Waals surface area contributed by atoms with Gasteiger partial charge in [-0.2, -0.15) is 0 Å². The third kappa shape index (κ3) is 1.92. The minimum atomic E-state index is 0.349. The second-order valence-corrected chi connectivity index (χ2v) is 5.88. The maximum absolute atomic E-state index is 6.32. The quantitative estimate of drug-likeness (QED) is 0.847. The van der Waals surface area contributed by atoms with E-state index in [1.807, 2.05) is 12.1 Å². The van der Waals surface area contributed by atoms with E-state index in [1.165, 1.54) is 12.8 Å². The minimum absolute atomic E-state index is 0.349. The van der Waals surface area contributed by atoms with Crippen LogP contribution in [-0.4, -0.2) is 18.1 Å². The van der Waals surface area contributed by atoms with Crippen molar-refractivity contribution >= 4 is 28.9 Å². The van der Waals surface area contributed by atoms with E-state index >= 15 is 0 Å². The van der Waals surface area contributed by atoms with Crippen molar-refractivity contribution in [3.63, 3.8) is 0 Å². The topological polar surface area (TPSA) is 29.3 Å². The van der Waals surface area contributed by atoms with Gasteiger partial charge in [-0.1, -0.05) is 29.3 Å². The SMILES string of the molecule is NC1CC2CCC(C1)N2c1cccc(Cl)c1Cl. The number of hydrogen-bond acceptors (Lipinski definition) is 2. The van der Waals surface area contributed by atoms with Crippen LogP contribution in [0.25, 0.3) is 0 Å². The van der Waals surface area contributed by atoms with Crippen LogP contribution >= 0.6 is 23.2 Å². The van der Waals surface area contributed by atoms with Crippen LogP contribution in [0.5, 0.6) is 0 Å². The summed E-state index contributed by atoms with van der Waals surface area (Å²) in [6, 6.07) is 7.31. The molecule has 4 heteroatoms. The number of rotatable bonds is 1. The van der Waals surface area contributed by atoms with Gasteiger partial charge in [0.05, 0.1) is 15.7 Å². The van der Waals surface area contributed by atoms with Crippen molar-refractivity contribution in [2.45, 2.75) is 43.8 Å². The van der Waals surface area contributed by atoms with Gasteiger partial charge in [0.25, 0.3) is 0 Å². The lowest BCUT2D eigenvalue weighted by atomic mass is 9.97. The molecule has 2 atom stereocenters. The van der Waals surface area contributed by atoms with Gasteiger partial charge >= 0.3 is 0 Å². The summed E-state index contributed by atoms with van der Waals surface area (Å²) < 4.78 is 0. The highest BCUT2D eigenvalue weighted by atomic mass is 35.5. The molecule has 2 N–H and O–H groups in total. The fraction of sp³-hybridized carbons (Fsp3) is 0.538. The van der Waals surface area contributed by atoms with E-state index in [2.05, 4.69) is 11.0 Å². The van der Waals surface area contributed by atoms with Crippen molar-refractivity contribution in [3.05, 3.63) is 28.2 Å². The highest BCUT2D eigenvalue weighted by Gasteiger charge is 2.40. The average molecular weight is 271 g/mol. The molecular formula is C13H16Cl2N2. The molecular weight excluding hydrogens is 255 g/mol. The predicted molar refractivity (Wildman–Crippen MR) is 73.0 cm³/mol. The molecule has 0 aliphatic carbocycles. The number of piperidine rings is 1. The van der Waals surface area contributed by atoms with Crippen molar-refractivity contribution in [1.29, 1.82) is 0 Å². The first kappa shape index (κ1) is 11.6. The maximum Gasteiger partial charge on any atom is 0.0825 e. The van der Waals surface area contributed by atoms with Crippen LogP contribution in [0, 0.1) is 0 Å². The second kappa shape index (κ2) is 4.34. The van der Waals surface area contributed by atoms with Crippen LogP contribution in [-0.2, 0) is 0 Å². The zero-order valence-electron chi connectivity index (χ0n) is 9.57. The number of anilines is 1. The van der Waals surface area contributed by atoms with Crippen molar-refractivity contribution in [2.75, 3.05) is 4.90 Å². The second-order valence-electron chi connectivity index (χ2n) is 5.10. The fourth-order valence-electron chi connectivity index (χ4n) is 3.30. The Hall–Kier alpha value is -0.440. The minimum Gasteiger partial charge on any atom is -0.364 e. The van der Waals surface area contributed by atoms with Gasteiger partial charge in [-0.3, -0.25) is 0 Å². The highest BCUT2D eigenvalue weighted by molar-refractivity contribution is 6.43. The zero-order valence-corrected chi connectivity index (χ0v) is 11.1. The van der Waals surface area contributed by atoms with Crippen LogP contribution in [0.1, 0.15) is 25.7 Å². The third-order valence-electron chi connectivity index (χ3n) is 3.98. The number of fused-ring (bicyclic) bond motifs is 2. The monoisotopic (exact) mass is 270 g/mol. The van der Waals surface area contributed by atoms with E-state index in [1.54, 1.807) is 0 Å². The van der Waals surface area contributed by atoms with E-state index in [0.29, 0.717) is 28.2 Å². The Labute approximate surface area is 112 Å². The lowest BCUT2D eigenvalue weighted by Gasteiger charge is -2.40. The molecule has 0 aromatic heterocycles. The van der Waals surface area contributed by atoms with Crippen molar-refractivity contribution < 1.29 is 0 Å². The van der Waals surface area contributed by atoms with E-state index in [9.17, 15) is 0 Å². The normalized spacial score (nSPS) is 31.9. The standard InChI is InChI=1S/C13H16Cl2N2/c14-11-2-1-3-12(13(11)15)17-9-4-5-10(17)7-8(16)6-9/h1-3,8-10H,4-7,16H2. The van der Waals surface area contributed by atoms with Gasteiger partial charge in [0.1, 0.15) is 0 Å². The van der Waals surface area contributed by atoms with Gasteiger partial charge in [0, 0.05) is 18.1 Å². The molecule has 0 radical (unpaired) electrons. The fourth-order valence-corrected chi connectivity index (χ4v) is 3.70. The summed E-state index contributed by atoms with van der Waals surface area (Å²) in [7, 11) is 0. The van der Waals surface area contributed by atoms with Gasteiger partial charge < -0.3 is 10.6 Å². The van der Waals surface area contributed by atoms with Crippen molar-refractivity contribution in [3.8, 4) is 0 Å². The Morgan fingerprint density at radius 2 is 1.76 bits per heavy atom. The molecule has 2 bridgehead atoms. The average Bonchev–Trinajstić information content (AvgIpc) is 2.55. The molecule has 1 aromatic carbocycles. The summed E-state index contributed by atoms with van der Waals surface area (Å²) in [5.41, 5.74) is 7.16. The molecule has 2 aliphatic rings. The van der Waals surface area contributed by atoms with Crippen molar-refractivity contribution in [2.24, 2.45) is 5.73 Å². The molecule has 0 amide bonds. The molecule has 2 nitrogen and oxygen atoms in total. The molecule has 2 heterocycles. The molecule has 2 aliphatic heterocycles. The molecule has 2 saturated heterocycles. The van der Waals surface area contributed by atoms with Crippen LogP contribution in [0.3, 0.4) is 0 Å². The number of nitrogens with zero attached hydrogens (tertiary/aromatic N) is 1. The number of nitrogens with two attached hydrogens (primary N) is 1. The Morgan fingerprint density at radius 3 is 2.41 bits per heavy atom. The molecule has 2 fully saturated rings. The first-order valence-corrected chi connectivity index (χ1v) is 6.90. The number of benzene rings is 1. The Morgan fingerprint density at radius 1 is 1.12 bits per heavy atom. The molecule has 17 heavy (non-hydrogen) atoms. The largest absolute Gasteiger partial charge is 0.364 e. The summed E-state index contributed by atoms with van der Waals surface area (Å²) in [6.45, 7) is 0. The Balaban J connectivity index is 1.97. The molecule has 1 aromatic rings. The molecule has 0 spiro atoms. The van der Waals surface area contributed by atoms with Gasteiger partial charge in [0.15, 0.2) is 0 Å². The molecule has 3 rings (SSSR count). The van der Waals surface area contributed by atoms with Crippen LogP contribution in [0.15, 0.2) is 18.2 Å². The summed E-state index contributed by atoms with van der Waals surface area (Å²) in [5, 5.41) is 1.32. The molecule has 92 valence electrons. The maximum atomic E-state index is 6.32. The van der Waals surface area contributed by atoms with Gasteiger partial charge in [0.2, 0.25) is 0 Å². The van der Waals surface area contributed by atoms with Gasteiger partial charge in [-0.05, 0) is 37.8 Å². The first-order valence-electron chi connectivity index (χ1n) is 6.14. The van der Waals surface area contributed by atoms with E-state index in [-0.39, 0.29) is 0 Å². The number of halogens is 2. The summed E-state index contributed by atoms with van der Waals surface area (Å²) in [5.74, 6) is 0. The third-order valence-corrected chi connectivity index (χ3v) is 4.79. The van der Waals surface area contributed by atoms with E-state index < -0.39 is 0 Å². The molecule has 0 saturated carbocycles. The van der Waals surface area contributed by atoms with E-state index in [4.69, 9.17) is 28.9 Å². The molecule has 2 unspecified atom stereocenters. The van der Waals surface area contributed by atoms with Crippen LogP contribution in [0.2, 0.25) is 10.0 Å². The van der Waals surface area contributed by atoms with E-state index in [0.717, 1.165) is 18.5 Å². The summed E-state index contributed by atoms with van der Waals surface area (Å²) >= 11 is 12.4. The Bertz CT molecular complexity index is 421. The lowest BCUT2D eigenvalue weighted by Crippen LogP contribution is -2.47. The van der Waals surface area contributed by atoms with Crippen molar-refractivity contribution in [1.82, 2.24) is 0 Å². The van der Waals surface area contributed by atoms with Crippen LogP contribution < -0.4 is 10.6 Å². The lowest BCUT2D eigenvalue weighted by molar-refractivity contribution is 0.415. The Kier molecular flexibility index (Phi) is 2.97. The first-order chi connectivity index (χ1) is 8.16. The van der Waals surface area contributed by atoms with Gasteiger partial charge in [-0.25, -0.2) is 0 Å². The zero-order chi connectivity index (χ0) is 12.0.